The molecule has 21 heavy (non-hydrogen) atoms. The highest BCUT2D eigenvalue weighted by atomic mass is 16.5. The minimum Gasteiger partial charge on any atom is -0.475 e. The second kappa shape index (κ2) is 6.69. The minimum atomic E-state index is -0.667. The normalized spacial score (nSPS) is 16.7. The van der Waals surface area contributed by atoms with Gasteiger partial charge in [0, 0.05) is 11.8 Å². The summed E-state index contributed by atoms with van der Waals surface area (Å²) in [5.74, 6) is 0.155. The molecule has 112 valence electrons. The number of amides is 1. The maximum atomic E-state index is 11.4. The van der Waals surface area contributed by atoms with E-state index in [9.17, 15) is 9.59 Å². The summed E-state index contributed by atoms with van der Waals surface area (Å²) >= 11 is 0. The van der Waals surface area contributed by atoms with E-state index < -0.39 is 18.1 Å². The number of nitrogens with zero attached hydrogens (tertiary/aromatic N) is 2. The average Bonchev–Trinajstić information content (AvgIpc) is 2.97. The van der Waals surface area contributed by atoms with Crippen LogP contribution in [-0.4, -0.2) is 49.3 Å². The molecule has 1 amide bonds. The zero-order chi connectivity index (χ0) is 15.2. The summed E-state index contributed by atoms with van der Waals surface area (Å²) in [6.07, 6.45) is 0.901. The highest BCUT2D eigenvalue weighted by Crippen LogP contribution is 2.15. The molecule has 1 aliphatic rings. The van der Waals surface area contributed by atoms with E-state index in [4.69, 9.17) is 9.47 Å². The van der Waals surface area contributed by atoms with Gasteiger partial charge in [0.25, 0.3) is 0 Å². The van der Waals surface area contributed by atoms with Crippen LogP contribution in [0.2, 0.25) is 0 Å². The molecule has 1 atom stereocenters. The summed E-state index contributed by atoms with van der Waals surface area (Å²) in [6, 6.07) is 2.57. The van der Waals surface area contributed by atoms with Crippen LogP contribution in [0.25, 0.3) is 0 Å². The van der Waals surface area contributed by atoms with Gasteiger partial charge in [-0.1, -0.05) is 0 Å². The van der Waals surface area contributed by atoms with E-state index in [0.717, 1.165) is 0 Å². The zero-order valence-corrected chi connectivity index (χ0v) is 11.7. The summed E-state index contributed by atoms with van der Waals surface area (Å²) in [4.78, 5) is 30.8. The number of anilines is 1. The van der Waals surface area contributed by atoms with E-state index in [1.807, 2.05) is 0 Å². The number of hydrogen-bond donors (Lipinski definition) is 1. The number of pyridine rings is 1. The first-order valence-electron chi connectivity index (χ1n) is 6.32. The van der Waals surface area contributed by atoms with Gasteiger partial charge < -0.3 is 14.2 Å². The Morgan fingerprint density at radius 3 is 3.05 bits per heavy atom. The molecule has 0 saturated heterocycles. The van der Waals surface area contributed by atoms with Gasteiger partial charge in [-0.3, -0.25) is 5.32 Å². The first-order valence-corrected chi connectivity index (χ1v) is 6.32. The van der Waals surface area contributed by atoms with Crippen LogP contribution in [0.15, 0.2) is 23.3 Å². The lowest BCUT2D eigenvalue weighted by atomic mass is 10.2. The first kappa shape index (κ1) is 14.8. The fourth-order valence-electron chi connectivity index (χ4n) is 1.69. The van der Waals surface area contributed by atoms with E-state index in [-0.39, 0.29) is 13.2 Å². The Bertz CT molecular complexity index is 573. The SMILES string of the molecule is CCOC(=O)Nc1cc(C2=N[C@H](C(=O)OC)CO2)ccn1. The largest absolute Gasteiger partial charge is 0.475 e. The number of carbonyl (C=O) groups excluding carboxylic acids is 2. The van der Waals surface area contributed by atoms with Crippen LogP contribution in [0.4, 0.5) is 10.6 Å². The van der Waals surface area contributed by atoms with Gasteiger partial charge in [-0.25, -0.2) is 19.6 Å². The fourth-order valence-corrected chi connectivity index (χ4v) is 1.69. The third-order valence-electron chi connectivity index (χ3n) is 2.64. The smallest absolute Gasteiger partial charge is 0.412 e. The van der Waals surface area contributed by atoms with E-state index >= 15 is 0 Å². The molecule has 0 saturated carbocycles. The van der Waals surface area contributed by atoms with Gasteiger partial charge in [0.05, 0.1) is 13.7 Å². The van der Waals surface area contributed by atoms with E-state index in [1.54, 1.807) is 19.1 Å². The Kier molecular flexibility index (Phi) is 4.70. The summed E-state index contributed by atoms with van der Waals surface area (Å²) in [6.45, 7) is 2.10. The van der Waals surface area contributed by atoms with Crippen molar-refractivity contribution in [1.29, 1.82) is 0 Å². The maximum Gasteiger partial charge on any atom is 0.412 e. The number of esters is 1. The van der Waals surface area contributed by atoms with Crippen molar-refractivity contribution in [1.82, 2.24) is 4.98 Å². The van der Waals surface area contributed by atoms with Crippen molar-refractivity contribution in [2.75, 3.05) is 25.6 Å². The summed E-state index contributed by atoms with van der Waals surface area (Å²) < 4.78 is 14.7. The van der Waals surface area contributed by atoms with Crippen LogP contribution >= 0.6 is 0 Å². The fraction of sp³-hybridized carbons (Fsp3) is 0.385. The highest BCUT2D eigenvalue weighted by Gasteiger charge is 2.27. The van der Waals surface area contributed by atoms with Gasteiger partial charge in [0.2, 0.25) is 5.90 Å². The standard InChI is InChI=1S/C13H15N3O5/c1-3-20-13(18)16-10-6-8(4-5-14-10)11-15-9(7-21-11)12(17)19-2/h4-6,9H,3,7H2,1-2H3,(H,14,16,18)/t9-/m0/s1. The van der Waals surface area contributed by atoms with Gasteiger partial charge in [-0.15, -0.1) is 0 Å². The van der Waals surface area contributed by atoms with Crippen molar-refractivity contribution in [3.05, 3.63) is 23.9 Å². The van der Waals surface area contributed by atoms with Gasteiger partial charge in [0.15, 0.2) is 6.04 Å². The third-order valence-corrected chi connectivity index (χ3v) is 2.64. The van der Waals surface area contributed by atoms with E-state index in [1.165, 1.54) is 13.3 Å². The minimum absolute atomic E-state index is 0.130. The Morgan fingerprint density at radius 2 is 2.33 bits per heavy atom. The predicted octanol–water partition coefficient (Wildman–Crippen LogP) is 0.968. The van der Waals surface area contributed by atoms with Crippen molar-refractivity contribution in [2.45, 2.75) is 13.0 Å². The number of nitrogens with one attached hydrogen (secondary N) is 1. The van der Waals surface area contributed by atoms with Crippen LogP contribution in [0.1, 0.15) is 12.5 Å². The number of aromatic nitrogens is 1. The molecule has 1 aliphatic heterocycles. The van der Waals surface area contributed by atoms with Crippen LogP contribution in [0.3, 0.4) is 0 Å². The second-order valence-electron chi connectivity index (χ2n) is 4.06. The number of rotatable bonds is 4. The van der Waals surface area contributed by atoms with Gasteiger partial charge in [-0.2, -0.15) is 0 Å². The molecule has 0 fully saturated rings. The summed E-state index contributed by atoms with van der Waals surface area (Å²) in [7, 11) is 1.30. The van der Waals surface area contributed by atoms with Crippen molar-refractivity contribution >= 4 is 23.8 Å². The third kappa shape index (κ3) is 3.68. The lowest BCUT2D eigenvalue weighted by Crippen LogP contribution is -2.21. The van der Waals surface area contributed by atoms with Gasteiger partial charge >= 0.3 is 12.1 Å². The number of methoxy groups -OCH3 is 1. The van der Waals surface area contributed by atoms with Crippen molar-refractivity contribution in [3.8, 4) is 0 Å². The van der Waals surface area contributed by atoms with Crippen LogP contribution in [0, 0.1) is 0 Å². The average molecular weight is 293 g/mol. The molecule has 8 heteroatoms. The molecule has 2 heterocycles. The number of carbonyl (C=O) groups is 2. The van der Waals surface area contributed by atoms with Crippen LogP contribution in [-0.2, 0) is 19.0 Å². The molecular weight excluding hydrogens is 278 g/mol. The van der Waals surface area contributed by atoms with Crippen LogP contribution < -0.4 is 5.32 Å². The molecule has 8 nitrogen and oxygen atoms in total. The summed E-state index contributed by atoms with van der Waals surface area (Å²) in [5, 5.41) is 2.48. The number of hydrogen-bond acceptors (Lipinski definition) is 7. The molecule has 1 aromatic heterocycles. The van der Waals surface area contributed by atoms with E-state index in [0.29, 0.717) is 17.3 Å². The van der Waals surface area contributed by atoms with Crippen molar-refractivity contribution in [3.63, 3.8) is 0 Å². The second-order valence-corrected chi connectivity index (χ2v) is 4.06. The predicted molar refractivity (Wildman–Crippen MR) is 73.2 cm³/mol. The maximum absolute atomic E-state index is 11.4. The molecule has 0 aliphatic carbocycles. The lowest BCUT2D eigenvalue weighted by molar-refractivity contribution is -0.142. The Morgan fingerprint density at radius 1 is 1.52 bits per heavy atom. The molecule has 1 N–H and O–H groups in total. The molecule has 2 rings (SSSR count). The number of aliphatic imine (C=N–C) groups is 1. The van der Waals surface area contributed by atoms with E-state index in [2.05, 4.69) is 20.0 Å². The molecule has 0 radical (unpaired) electrons. The Hall–Kier alpha value is -2.64. The molecule has 0 bridgehead atoms. The monoisotopic (exact) mass is 293 g/mol. The zero-order valence-electron chi connectivity index (χ0n) is 11.7. The Labute approximate surface area is 121 Å². The topological polar surface area (TPSA) is 99.1 Å². The van der Waals surface area contributed by atoms with Gasteiger partial charge in [0.1, 0.15) is 12.4 Å². The molecule has 1 aromatic rings. The highest BCUT2D eigenvalue weighted by molar-refractivity contribution is 5.98. The van der Waals surface area contributed by atoms with Crippen molar-refractivity contribution in [2.24, 2.45) is 4.99 Å². The quantitative estimate of drug-likeness (QED) is 0.830. The lowest BCUT2D eigenvalue weighted by Gasteiger charge is -2.06. The van der Waals surface area contributed by atoms with Crippen molar-refractivity contribution < 1.29 is 23.8 Å². The molecule has 0 unspecified atom stereocenters. The Balaban J connectivity index is 2.11. The molecule has 0 spiro atoms. The molecular formula is C13H15N3O5. The summed E-state index contributed by atoms with van der Waals surface area (Å²) in [5.41, 5.74) is 0.600. The molecule has 0 aromatic carbocycles. The van der Waals surface area contributed by atoms with Crippen LogP contribution in [0.5, 0.6) is 0 Å². The first-order chi connectivity index (χ1) is 10.1. The number of ether oxygens (including phenoxy) is 3. The van der Waals surface area contributed by atoms with Gasteiger partial charge in [-0.05, 0) is 19.1 Å².